The van der Waals surface area contributed by atoms with E-state index in [-0.39, 0.29) is 52.7 Å². The molecule has 43 heteroatoms. The van der Waals surface area contributed by atoms with Crippen molar-refractivity contribution in [2.24, 2.45) is 17.4 Å². The van der Waals surface area contributed by atoms with Gasteiger partial charge in [0, 0.05) is 47.5 Å². The molecule has 123 heavy (non-hydrogen) atoms. The molecule has 2 fully saturated rings. The van der Waals surface area contributed by atoms with Crippen molar-refractivity contribution in [3.05, 3.63) is 175 Å². The first-order valence-electron chi connectivity index (χ1n) is 38.1. The summed E-state index contributed by atoms with van der Waals surface area (Å²) in [5.74, 6) is -17.6. The molecule has 18 atom stereocenters. The number of nitrogens with zero attached hydrogens (tertiary/aromatic N) is 1. The zero-order valence-corrected chi connectivity index (χ0v) is 67.8. The molecular weight excluding hydrogens is 1680 g/mol. The number of pyridine rings is 1. The topological polar surface area (TPSA) is 605 Å². The van der Waals surface area contributed by atoms with Crippen molar-refractivity contribution in [1.29, 1.82) is 0 Å². The molecule has 11 amide bonds. The summed E-state index contributed by atoms with van der Waals surface area (Å²) in [6, 6.07) is 2.43. The van der Waals surface area contributed by atoms with Crippen LogP contribution in [-0.2, 0) is 59.1 Å². The minimum Gasteiger partial charge on any atom is -0.508 e. The predicted octanol–water partition coefficient (Wildman–Crippen LogP) is 1.99. The van der Waals surface area contributed by atoms with Crippen molar-refractivity contribution >= 4 is 99.7 Å². The zero-order valence-electron chi connectivity index (χ0n) is 65.6. The van der Waals surface area contributed by atoms with Gasteiger partial charge in [0.25, 0.3) is 11.8 Å². The second kappa shape index (κ2) is 37.9. The van der Waals surface area contributed by atoms with Crippen molar-refractivity contribution in [3.63, 3.8) is 0 Å². The lowest BCUT2D eigenvalue weighted by Gasteiger charge is -2.48. The van der Waals surface area contributed by atoms with Crippen molar-refractivity contribution < 1.29 is 127 Å². The Morgan fingerprint density at radius 1 is 0.691 bits per heavy atom. The van der Waals surface area contributed by atoms with Crippen LogP contribution in [0.2, 0.25) is 15.1 Å². The lowest BCUT2D eigenvalue weighted by Crippen LogP contribution is -2.65. The first-order valence-corrected chi connectivity index (χ1v) is 39.2. The molecular formula is C80H86Cl3FN14O25. The molecule has 8 heterocycles. The Labute approximate surface area is 712 Å². The summed E-state index contributed by atoms with van der Waals surface area (Å²) < 4.78 is 53.4. The second-order valence-electron chi connectivity index (χ2n) is 30.3. The highest BCUT2D eigenvalue weighted by molar-refractivity contribution is 6.32. The number of hydrazine groups is 1. The van der Waals surface area contributed by atoms with Crippen LogP contribution in [0.5, 0.6) is 46.0 Å². The number of nitrogens with one attached hydrogen (secondary N) is 11. The number of hydrogen-bond acceptors (Lipinski definition) is 28. The fourth-order valence-corrected chi connectivity index (χ4v) is 15.3. The Hall–Kier alpha value is -11.9. The minimum atomic E-state index is -2.42. The van der Waals surface area contributed by atoms with Gasteiger partial charge in [0.2, 0.25) is 53.4 Å². The van der Waals surface area contributed by atoms with Gasteiger partial charge in [0.1, 0.15) is 101 Å². The van der Waals surface area contributed by atoms with Crippen LogP contribution in [0.1, 0.15) is 121 Å². The molecule has 0 saturated carbocycles. The number of carbonyl (C=O) groups excluding carboxylic acids is 10. The number of nitrogens with two attached hydrogens (primary N) is 2. The number of carbonyl (C=O) groups is 10. The van der Waals surface area contributed by atoms with Crippen LogP contribution >= 0.6 is 34.8 Å². The third kappa shape index (κ3) is 20.3. The van der Waals surface area contributed by atoms with Crippen LogP contribution in [0.15, 0.2) is 116 Å². The third-order valence-electron chi connectivity index (χ3n) is 21.0. The predicted molar refractivity (Wildman–Crippen MR) is 429 cm³/mol. The fraction of sp³-hybridized carbons (Fsp3) is 0.362. The van der Waals surface area contributed by atoms with E-state index in [0.717, 1.165) is 78.9 Å². The molecule has 14 rings (SSSR count). The molecule has 2 saturated heterocycles. The Morgan fingerprint density at radius 3 is 1.98 bits per heavy atom. The van der Waals surface area contributed by atoms with Gasteiger partial charge in [-0.25, -0.2) is 14.6 Å². The quantitative estimate of drug-likeness (QED) is 0.0546. The van der Waals surface area contributed by atoms with E-state index in [1.807, 2.05) is 10.9 Å². The SMILES string of the molecule is CN[C@H](CC(C)C)C(=O)N[C@H]1C(=O)N[C@@H](CC(N)=O)C(=O)N[C@H]2C(=O)N[C@H]3C(=O)N[C@H](C(=O)N[C@@H](C(=O)NNC(N)=O)c4cc(O)cc(O)c4-c4cc3ccc4O)[C@H](O)c3ccc(c(Cl)c3)Oc3cc2cc(c3O[C@@H]2O[C@H](CO)[C@@H](O)[C@H](O)[C@H]2O[C@H]2C[C@](C)(NCc3cncc(NC(=O)c4ccc(F)c(Cl)c4)c3)[C@H](O)[C@H](C)O2)Oc2ccc(cc2Cl)[C@H]1O. The average molecular weight is 1770 g/mol. The summed E-state index contributed by atoms with van der Waals surface area (Å²) in [6.07, 6.45) is -16.9. The highest BCUT2D eigenvalue weighted by Gasteiger charge is 2.52. The number of halogens is 4. The number of fused-ring (bicyclic) bond motifs is 15. The van der Waals surface area contributed by atoms with Gasteiger partial charge < -0.3 is 134 Å². The van der Waals surface area contributed by atoms with Crippen molar-refractivity contribution in [3.8, 4) is 57.1 Å². The molecule has 11 bridgehead atoms. The number of aliphatic hydroxyl groups excluding tert-OH is 6. The Kier molecular flexibility index (Phi) is 27.8. The van der Waals surface area contributed by atoms with E-state index in [1.165, 1.54) is 44.6 Å². The highest BCUT2D eigenvalue weighted by atomic mass is 35.5. The highest BCUT2D eigenvalue weighted by Crippen LogP contribution is 2.50. The first kappa shape index (κ1) is 90.4. The Balaban J connectivity index is 1.03. The molecule has 7 aliphatic heterocycles. The smallest absolute Gasteiger partial charge is 0.330 e. The number of rotatable bonds is 18. The molecule has 39 nitrogen and oxygen atoms in total. The summed E-state index contributed by atoms with van der Waals surface area (Å²) in [4.78, 5) is 149. The number of likely N-dealkylation sites (N-methyl/N-ethyl adjacent to an activating group) is 1. The van der Waals surface area contributed by atoms with Gasteiger partial charge in [-0.1, -0.05) is 66.8 Å². The van der Waals surface area contributed by atoms with E-state index in [0.29, 0.717) is 5.56 Å². The normalized spacial score (nSPS) is 26.1. The van der Waals surface area contributed by atoms with E-state index in [4.69, 9.17) is 74.7 Å². The maximum atomic E-state index is 16.3. The number of anilines is 1. The number of aromatic nitrogens is 1. The number of amides is 11. The molecule has 6 aromatic carbocycles. The number of phenols is 3. The van der Waals surface area contributed by atoms with E-state index >= 15 is 24.0 Å². The van der Waals surface area contributed by atoms with E-state index in [2.05, 4.69) is 52.8 Å². The number of aliphatic hydroxyl groups is 6. The largest absolute Gasteiger partial charge is 0.508 e. The van der Waals surface area contributed by atoms with Crippen LogP contribution in [0.4, 0.5) is 14.9 Å². The van der Waals surface area contributed by atoms with Crippen LogP contribution < -0.4 is 84.4 Å². The number of phenolic OH excluding ortho intramolecular Hbond substituents is 3. The maximum absolute atomic E-state index is 16.3. The number of urea groups is 1. The van der Waals surface area contributed by atoms with E-state index in [1.54, 1.807) is 26.8 Å². The summed E-state index contributed by atoms with van der Waals surface area (Å²) >= 11 is 20.3. The Bertz CT molecular complexity index is 5300. The van der Waals surface area contributed by atoms with Gasteiger partial charge in [-0.3, -0.25) is 53.6 Å². The number of hydrogen-bond donors (Lipinski definition) is 22. The van der Waals surface area contributed by atoms with Gasteiger partial charge in [0.15, 0.2) is 23.9 Å². The van der Waals surface area contributed by atoms with E-state index < -0.39 is 271 Å². The second-order valence-corrected chi connectivity index (χ2v) is 31.5. The Morgan fingerprint density at radius 2 is 1.34 bits per heavy atom. The molecule has 0 unspecified atom stereocenters. The summed E-state index contributed by atoms with van der Waals surface area (Å²) in [5.41, 5.74) is 11.1. The molecule has 0 aliphatic carbocycles. The summed E-state index contributed by atoms with van der Waals surface area (Å²) in [6.45, 7) is 5.62. The number of ether oxygens (including phenoxy) is 6. The monoisotopic (exact) mass is 1770 g/mol. The van der Waals surface area contributed by atoms with Crippen molar-refractivity contribution in [2.45, 2.75) is 163 Å². The maximum Gasteiger partial charge on any atom is 0.330 e. The van der Waals surface area contributed by atoms with E-state index in [9.17, 15) is 74.3 Å². The average Bonchev–Trinajstić information content (AvgIpc) is 0.760. The molecule has 1 aromatic heterocycles. The molecule has 654 valence electrons. The van der Waals surface area contributed by atoms with Gasteiger partial charge in [-0.15, -0.1) is 0 Å². The standard InChI is InChI=1S/C80H86Cl3FN14O25/c1-30(2)14-46(87-5)71(110)95-61-63(104)34-8-12-50(43(82)17-34)119-52-20-37-21-53(67(52)123-78-68(66(107)65(106)54(29-99)121-78)122-56-25-80(4,69(108)31(3)118-56)89-27-32-15-38(28-88-26-32)90-70(109)36-6-10-45(84)42(81)19-36)120-51-13-9-35(18-44(51)83)64(105)62-76(115)94-60(77(116)97-98-79(86)117)41-22-39(100)23-49(102)57(41)40-16-33(7-11-48(40)101)58(73(112)96-62)93-74(113)59(37)92-72(111)47(24-55(85)103)91-75(61)114/h6-13,15-23,26,28,30-31,46-47,54,56,58-66,68-69,78,87,89,99-102,104-108H,14,24-25,27,29H2,1-5H3,(H2,85,103)(H,90,109)(H,91,114)(H,92,111)(H,93,113)(H,94,115)(H,95,110)(H,96,112)(H,97,116)(H3,86,98,117)/t31-,46+,47-,54+,56-,58+,59+,60+,61+,62-,63+,64+,65+,66-,68+,69+,78-,80-/m0/s1. The molecule has 7 aromatic rings. The molecule has 0 spiro atoms. The van der Waals surface area contributed by atoms with Gasteiger partial charge in [-0.2, -0.15) is 0 Å². The fourth-order valence-electron chi connectivity index (χ4n) is 14.6. The third-order valence-corrected chi connectivity index (χ3v) is 21.9. The zero-order chi connectivity index (χ0) is 89.1. The number of aromatic hydroxyl groups is 3. The van der Waals surface area contributed by atoms with Gasteiger partial charge in [0.05, 0.1) is 58.2 Å². The molecule has 0 radical (unpaired) electrons. The van der Waals surface area contributed by atoms with Crippen molar-refractivity contribution in [1.82, 2.24) is 58.4 Å². The molecule has 7 aliphatic rings. The lowest BCUT2D eigenvalue weighted by molar-refractivity contribution is -0.334. The van der Waals surface area contributed by atoms with Gasteiger partial charge >= 0.3 is 6.03 Å². The molecule has 24 N–H and O–H groups in total. The van der Waals surface area contributed by atoms with Crippen LogP contribution in [0, 0.1) is 11.7 Å². The first-order chi connectivity index (χ1) is 58.3. The van der Waals surface area contributed by atoms with Gasteiger partial charge in [-0.05, 0) is 145 Å². The minimum absolute atomic E-state index is 0.0368. The summed E-state index contributed by atoms with van der Waals surface area (Å²) in [7, 11) is 1.46. The van der Waals surface area contributed by atoms with Crippen molar-refractivity contribution in [2.75, 3.05) is 19.0 Å². The lowest BCUT2D eigenvalue weighted by atomic mass is 9.84. The summed E-state index contributed by atoms with van der Waals surface area (Å²) in [5, 5.41) is 129. The van der Waals surface area contributed by atoms with Crippen LogP contribution in [-0.4, -0.2) is 203 Å². The van der Waals surface area contributed by atoms with Crippen LogP contribution in [0.25, 0.3) is 11.1 Å². The number of benzene rings is 6. The number of primary amides is 2. The van der Waals surface area contributed by atoms with Crippen LogP contribution in [0.3, 0.4) is 0 Å².